The number of hydrogen-bond acceptors (Lipinski definition) is 4. The topological polar surface area (TPSA) is 37.8 Å². The molecule has 1 aromatic carbocycles. The molecule has 2 rings (SSSR count). The molecule has 0 saturated carbocycles. The van der Waals surface area contributed by atoms with Gasteiger partial charge in [0.2, 0.25) is 0 Å². The molecule has 0 bridgehead atoms. The average Bonchev–Trinajstić information content (AvgIpc) is 2.26. The Labute approximate surface area is 124 Å². The van der Waals surface area contributed by atoms with Gasteiger partial charge in [-0.25, -0.2) is 9.97 Å². The highest BCUT2D eigenvalue weighted by Gasteiger charge is 2.04. The first-order chi connectivity index (χ1) is 8.56. The van der Waals surface area contributed by atoms with Gasteiger partial charge in [0.05, 0.1) is 0 Å². The lowest BCUT2D eigenvalue weighted by molar-refractivity contribution is 0.976. The van der Waals surface area contributed by atoms with Crippen LogP contribution in [0.5, 0.6) is 0 Å². The zero-order valence-electron chi connectivity index (χ0n) is 9.25. The number of anilines is 2. The van der Waals surface area contributed by atoms with Crippen molar-refractivity contribution in [1.82, 2.24) is 9.97 Å². The van der Waals surface area contributed by atoms with Crippen molar-refractivity contribution in [2.75, 3.05) is 11.6 Å². The second-order valence-corrected chi connectivity index (χ2v) is 5.38. The summed E-state index contributed by atoms with van der Waals surface area (Å²) >= 11 is 19.2. The van der Waals surface area contributed by atoms with E-state index in [1.54, 1.807) is 24.3 Å². The predicted octanol–water partition coefficient (Wildman–Crippen LogP) is 4.90. The summed E-state index contributed by atoms with van der Waals surface area (Å²) in [5.41, 5.74) is 0.745. The maximum atomic E-state index is 5.92. The number of rotatable bonds is 3. The van der Waals surface area contributed by atoms with Crippen LogP contribution in [-0.4, -0.2) is 16.2 Å². The molecule has 0 aliphatic carbocycles. The predicted molar refractivity (Wildman–Crippen MR) is 78.6 cm³/mol. The van der Waals surface area contributed by atoms with Crippen molar-refractivity contribution >= 4 is 58.1 Å². The van der Waals surface area contributed by atoms with E-state index in [0.29, 0.717) is 26.2 Å². The molecule has 0 unspecified atom stereocenters. The third kappa shape index (κ3) is 3.65. The largest absolute Gasteiger partial charge is 0.340 e. The van der Waals surface area contributed by atoms with Gasteiger partial charge in [0.1, 0.15) is 11.0 Å². The third-order valence-electron chi connectivity index (χ3n) is 1.99. The van der Waals surface area contributed by atoms with Crippen molar-refractivity contribution in [1.29, 1.82) is 0 Å². The van der Waals surface area contributed by atoms with Gasteiger partial charge in [0, 0.05) is 21.8 Å². The minimum Gasteiger partial charge on any atom is -0.340 e. The molecule has 1 heterocycles. The van der Waals surface area contributed by atoms with Gasteiger partial charge < -0.3 is 5.32 Å². The number of aromatic nitrogens is 2. The Hall–Kier alpha value is -0.680. The molecule has 0 aliphatic rings. The zero-order chi connectivity index (χ0) is 13.1. The molecule has 94 valence electrons. The average molecular weight is 321 g/mol. The molecule has 2 aromatic rings. The summed E-state index contributed by atoms with van der Waals surface area (Å²) in [6, 6.07) is 6.80. The van der Waals surface area contributed by atoms with Crippen LogP contribution in [0.15, 0.2) is 29.4 Å². The molecular formula is C11H8Cl3N3S. The van der Waals surface area contributed by atoms with Gasteiger partial charge in [-0.05, 0) is 24.5 Å². The van der Waals surface area contributed by atoms with Crippen molar-refractivity contribution in [3.05, 3.63) is 39.5 Å². The second-order valence-electron chi connectivity index (χ2n) is 3.35. The minimum absolute atomic E-state index is 0.380. The van der Waals surface area contributed by atoms with E-state index in [1.165, 1.54) is 11.8 Å². The summed E-state index contributed by atoms with van der Waals surface area (Å²) in [5.74, 6) is 0.595. The van der Waals surface area contributed by atoms with E-state index >= 15 is 0 Å². The third-order valence-corrected chi connectivity index (χ3v) is 3.17. The fourth-order valence-corrected chi connectivity index (χ4v) is 2.46. The number of thioether (sulfide) groups is 1. The maximum Gasteiger partial charge on any atom is 0.190 e. The molecular weight excluding hydrogens is 313 g/mol. The van der Waals surface area contributed by atoms with Crippen LogP contribution in [0, 0.1) is 0 Å². The van der Waals surface area contributed by atoms with Crippen LogP contribution in [0.1, 0.15) is 0 Å². The molecule has 0 spiro atoms. The number of nitrogens with one attached hydrogen (secondary N) is 1. The lowest BCUT2D eigenvalue weighted by Gasteiger charge is -2.08. The van der Waals surface area contributed by atoms with Gasteiger partial charge >= 0.3 is 0 Å². The number of halogens is 3. The first kappa shape index (κ1) is 13.7. The van der Waals surface area contributed by atoms with Gasteiger partial charge in [-0.15, -0.1) is 0 Å². The first-order valence-corrected chi connectivity index (χ1v) is 7.24. The first-order valence-electron chi connectivity index (χ1n) is 4.88. The van der Waals surface area contributed by atoms with Crippen LogP contribution < -0.4 is 5.32 Å². The fraction of sp³-hybridized carbons (Fsp3) is 0.0909. The van der Waals surface area contributed by atoms with Crippen LogP contribution in [0.3, 0.4) is 0 Å². The van der Waals surface area contributed by atoms with E-state index in [-0.39, 0.29) is 0 Å². The van der Waals surface area contributed by atoms with E-state index in [4.69, 9.17) is 34.8 Å². The fourth-order valence-electron chi connectivity index (χ4n) is 1.33. The van der Waals surface area contributed by atoms with Crippen LogP contribution in [0.4, 0.5) is 11.5 Å². The second kappa shape index (κ2) is 5.97. The highest BCUT2D eigenvalue weighted by molar-refractivity contribution is 7.98. The van der Waals surface area contributed by atoms with Crippen LogP contribution in [0.25, 0.3) is 0 Å². The van der Waals surface area contributed by atoms with Crippen LogP contribution in [0.2, 0.25) is 15.2 Å². The maximum absolute atomic E-state index is 5.92. The SMILES string of the molecule is CSc1nc(Cl)cc(Nc2cc(Cl)cc(Cl)c2)n1. The molecule has 0 aliphatic heterocycles. The standard InChI is InChI=1S/C11H8Cl3N3S/c1-18-11-16-9(14)5-10(17-11)15-8-3-6(12)2-7(13)4-8/h2-5H,1H3,(H,15,16,17). The minimum atomic E-state index is 0.380. The van der Waals surface area contributed by atoms with Crippen LogP contribution in [-0.2, 0) is 0 Å². The van der Waals surface area contributed by atoms with E-state index in [9.17, 15) is 0 Å². The van der Waals surface area contributed by atoms with E-state index in [0.717, 1.165) is 5.69 Å². The molecule has 0 saturated heterocycles. The van der Waals surface area contributed by atoms with E-state index in [2.05, 4.69) is 15.3 Å². The van der Waals surface area contributed by atoms with Crippen molar-refractivity contribution in [3.63, 3.8) is 0 Å². The normalized spacial score (nSPS) is 10.4. The monoisotopic (exact) mass is 319 g/mol. The molecule has 0 amide bonds. The smallest absolute Gasteiger partial charge is 0.190 e. The molecule has 0 radical (unpaired) electrons. The molecule has 1 N–H and O–H groups in total. The van der Waals surface area contributed by atoms with Crippen molar-refractivity contribution in [3.8, 4) is 0 Å². The Morgan fingerprint density at radius 2 is 1.67 bits per heavy atom. The Morgan fingerprint density at radius 1 is 1.00 bits per heavy atom. The molecule has 0 atom stereocenters. The lowest BCUT2D eigenvalue weighted by Crippen LogP contribution is -1.96. The summed E-state index contributed by atoms with van der Waals surface area (Å²) in [5, 5.41) is 5.16. The van der Waals surface area contributed by atoms with E-state index in [1.807, 2.05) is 6.26 Å². The van der Waals surface area contributed by atoms with Crippen molar-refractivity contribution in [2.45, 2.75) is 5.16 Å². The quantitative estimate of drug-likeness (QED) is 0.496. The van der Waals surface area contributed by atoms with Gasteiger partial charge in [-0.1, -0.05) is 46.6 Å². The Balaban J connectivity index is 2.30. The highest BCUT2D eigenvalue weighted by Crippen LogP contribution is 2.26. The summed E-state index contributed by atoms with van der Waals surface area (Å²) in [4.78, 5) is 8.33. The molecule has 18 heavy (non-hydrogen) atoms. The molecule has 7 heteroatoms. The summed E-state index contributed by atoms with van der Waals surface area (Å²) < 4.78 is 0. The number of hydrogen-bond donors (Lipinski definition) is 1. The number of benzene rings is 1. The summed E-state index contributed by atoms with van der Waals surface area (Å²) in [7, 11) is 0. The van der Waals surface area contributed by atoms with Gasteiger partial charge in [0.25, 0.3) is 0 Å². The Bertz CT molecular complexity index is 557. The van der Waals surface area contributed by atoms with Crippen molar-refractivity contribution in [2.24, 2.45) is 0 Å². The summed E-state index contributed by atoms with van der Waals surface area (Å²) in [6.45, 7) is 0. The zero-order valence-corrected chi connectivity index (χ0v) is 12.3. The van der Waals surface area contributed by atoms with E-state index < -0.39 is 0 Å². The lowest BCUT2D eigenvalue weighted by atomic mass is 10.3. The Kier molecular flexibility index (Phi) is 4.56. The van der Waals surface area contributed by atoms with Crippen LogP contribution >= 0.6 is 46.6 Å². The van der Waals surface area contributed by atoms with Gasteiger partial charge in [-0.2, -0.15) is 0 Å². The van der Waals surface area contributed by atoms with Crippen molar-refractivity contribution < 1.29 is 0 Å². The summed E-state index contributed by atoms with van der Waals surface area (Å²) in [6.07, 6.45) is 1.88. The molecule has 0 fully saturated rings. The van der Waals surface area contributed by atoms with Gasteiger partial charge in [-0.3, -0.25) is 0 Å². The Morgan fingerprint density at radius 3 is 2.28 bits per heavy atom. The van der Waals surface area contributed by atoms with Gasteiger partial charge in [0.15, 0.2) is 5.16 Å². The molecule has 1 aromatic heterocycles. The molecule has 3 nitrogen and oxygen atoms in total. The number of nitrogens with zero attached hydrogens (tertiary/aromatic N) is 2. The highest BCUT2D eigenvalue weighted by atomic mass is 35.5.